The van der Waals surface area contributed by atoms with Crippen molar-refractivity contribution in [2.75, 3.05) is 13.6 Å². The van der Waals surface area contributed by atoms with Crippen molar-refractivity contribution in [3.63, 3.8) is 0 Å². The highest BCUT2D eigenvalue weighted by Crippen LogP contribution is 2.36. The average molecular weight is 262 g/mol. The molecular formula is C10H16BrNS. The molecule has 0 saturated heterocycles. The van der Waals surface area contributed by atoms with Crippen molar-refractivity contribution < 1.29 is 0 Å². The van der Waals surface area contributed by atoms with Gasteiger partial charge in [-0.2, -0.15) is 0 Å². The van der Waals surface area contributed by atoms with Crippen LogP contribution in [0.4, 0.5) is 0 Å². The van der Waals surface area contributed by atoms with E-state index in [2.05, 4.69) is 46.5 Å². The Morgan fingerprint density at radius 3 is 2.69 bits per heavy atom. The Hall–Kier alpha value is 0.140. The monoisotopic (exact) mass is 261 g/mol. The summed E-state index contributed by atoms with van der Waals surface area (Å²) in [7, 11) is 2.00. The maximum absolute atomic E-state index is 3.58. The Kier molecular flexibility index (Phi) is 3.95. The third-order valence-corrected chi connectivity index (χ3v) is 4.44. The summed E-state index contributed by atoms with van der Waals surface area (Å²) >= 11 is 5.42. The van der Waals surface area contributed by atoms with Gasteiger partial charge in [-0.1, -0.05) is 13.8 Å². The molecule has 1 aromatic heterocycles. The standard InChI is InChI=1S/C10H16BrNS/c1-10(2,5-6-12-3)9-8(11)4-7-13-9/h4,7,12H,5-6H2,1-3H3. The summed E-state index contributed by atoms with van der Waals surface area (Å²) in [6.45, 7) is 5.65. The van der Waals surface area contributed by atoms with E-state index in [9.17, 15) is 0 Å². The van der Waals surface area contributed by atoms with Crippen LogP contribution in [0.2, 0.25) is 0 Å². The molecule has 0 aliphatic carbocycles. The van der Waals surface area contributed by atoms with Crippen LogP contribution >= 0.6 is 27.3 Å². The lowest BCUT2D eigenvalue weighted by molar-refractivity contribution is 0.476. The predicted octanol–water partition coefficient (Wildman–Crippen LogP) is 3.40. The summed E-state index contributed by atoms with van der Waals surface area (Å²) < 4.78 is 1.25. The zero-order valence-electron chi connectivity index (χ0n) is 8.36. The highest BCUT2D eigenvalue weighted by atomic mass is 79.9. The number of thiophene rings is 1. The van der Waals surface area contributed by atoms with E-state index in [1.807, 2.05) is 18.4 Å². The minimum atomic E-state index is 0.274. The molecule has 0 saturated carbocycles. The number of hydrogen-bond acceptors (Lipinski definition) is 2. The fourth-order valence-corrected chi connectivity index (χ4v) is 3.39. The van der Waals surface area contributed by atoms with Gasteiger partial charge in [-0.15, -0.1) is 11.3 Å². The molecular weight excluding hydrogens is 246 g/mol. The Morgan fingerprint density at radius 1 is 1.54 bits per heavy atom. The molecule has 13 heavy (non-hydrogen) atoms. The third-order valence-electron chi connectivity index (χ3n) is 2.23. The SMILES string of the molecule is CNCCC(C)(C)c1sccc1Br. The van der Waals surface area contributed by atoms with E-state index < -0.39 is 0 Å². The topological polar surface area (TPSA) is 12.0 Å². The van der Waals surface area contributed by atoms with Crippen molar-refractivity contribution in [3.05, 3.63) is 20.8 Å². The molecule has 0 atom stereocenters. The van der Waals surface area contributed by atoms with Crippen LogP contribution in [0, 0.1) is 0 Å². The van der Waals surface area contributed by atoms with Crippen molar-refractivity contribution in [2.45, 2.75) is 25.7 Å². The van der Waals surface area contributed by atoms with Gasteiger partial charge in [0.25, 0.3) is 0 Å². The van der Waals surface area contributed by atoms with Gasteiger partial charge in [0.2, 0.25) is 0 Å². The summed E-state index contributed by atoms with van der Waals surface area (Å²) in [5.41, 5.74) is 0.274. The number of halogens is 1. The third kappa shape index (κ3) is 2.79. The second-order valence-electron chi connectivity index (χ2n) is 3.84. The summed E-state index contributed by atoms with van der Waals surface area (Å²) in [6.07, 6.45) is 1.17. The van der Waals surface area contributed by atoms with Crippen LogP contribution < -0.4 is 5.32 Å². The van der Waals surface area contributed by atoms with Crippen LogP contribution in [-0.2, 0) is 5.41 Å². The lowest BCUT2D eigenvalue weighted by atomic mass is 9.87. The number of rotatable bonds is 4. The Balaban J connectivity index is 2.74. The van der Waals surface area contributed by atoms with Gasteiger partial charge in [0, 0.05) is 14.8 Å². The van der Waals surface area contributed by atoms with Gasteiger partial charge in [0.05, 0.1) is 0 Å². The molecule has 0 unspecified atom stereocenters. The highest BCUT2D eigenvalue weighted by molar-refractivity contribution is 9.10. The molecule has 0 aromatic carbocycles. The molecule has 0 bridgehead atoms. The quantitative estimate of drug-likeness (QED) is 0.877. The molecule has 0 aliphatic heterocycles. The first-order valence-corrected chi connectivity index (χ1v) is 6.13. The van der Waals surface area contributed by atoms with Gasteiger partial charge in [0.15, 0.2) is 0 Å². The molecule has 0 amide bonds. The zero-order chi connectivity index (χ0) is 9.90. The molecule has 0 fully saturated rings. The van der Waals surface area contributed by atoms with Crippen molar-refractivity contribution in [3.8, 4) is 0 Å². The van der Waals surface area contributed by atoms with Crippen LogP contribution in [0.1, 0.15) is 25.1 Å². The summed E-state index contributed by atoms with van der Waals surface area (Å²) in [6, 6.07) is 2.13. The van der Waals surface area contributed by atoms with E-state index in [0.717, 1.165) is 6.54 Å². The normalized spacial score (nSPS) is 12.0. The van der Waals surface area contributed by atoms with Gasteiger partial charge < -0.3 is 5.32 Å². The first-order valence-electron chi connectivity index (χ1n) is 4.46. The van der Waals surface area contributed by atoms with Gasteiger partial charge in [0.1, 0.15) is 0 Å². The first kappa shape index (κ1) is 11.2. The van der Waals surface area contributed by atoms with E-state index in [0.29, 0.717) is 0 Å². The van der Waals surface area contributed by atoms with Gasteiger partial charge in [-0.25, -0.2) is 0 Å². The zero-order valence-corrected chi connectivity index (χ0v) is 10.8. The first-order chi connectivity index (χ1) is 6.08. The number of hydrogen-bond donors (Lipinski definition) is 1. The Morgan fingerprint density at radius 2 is 2.23 bits per heavy atom. The Bertz CT molecular complexity index is 268. The smallest absolute Gasteiger partial charge is 0.0319 e. The minimum Gasteiger partial charge on any atom is -0.320 e. The van der Waals surface area contributed by atoms with Crippen molar-refractivity contribution in [2.24, 2.45) is 0 Å². The second kappa shape index (κ2) is 4.58. The van der Waals surface area contributed by atoms with E-state index >= 15 is 0 Å². The highest BCUT2D eigenvalue weighted by Gasteiger charge is 2.23. The maximum Gasteiger partial charge on any atom is 0.0319 e. The molecule has 1 aromatic rings. The lowest BCUT2D eigenvalue weighted by Gasteiger charge is -2.23. The van der Waals surface area contributed by atoms with E-state index in [-0.39, 0.29) is 5.41 Å². The average Bonchev–Trinajstić information content (AvgIpc) is 2.48. The van der Waals surface area contributed by atoms with Crippen LogP contribution in [0.3, 0.4) is 0 Å². The lowest BCUT2D eigenvalue weighted by Crippen LogP contribution is -2.22. The van der Waals surface area contributed by atoms with E-state index in [1.165, 1.54) is 15.8 Å². The maximum atomic E-state index is 3.58. The van der Waals surface area contributed by atoms with Crippen molar-refractivity contribution >= 4 is 27.3 Å². The van der Waals surface area contributed by atoms with Crippen molar-refractivity contribution in [1.29, 1.82) is 0 Å². The van der Waals surface area contributed by atoms with Crippen molar-refractivity contribution in [1.82, 2.24) is 5.32 Å². The molecule has 3 heteroatoms. The molecule has 74 valence electrons. The summed E-state index contributed by atoms with van der Waals surface area (Å²) in [5, 5.41) is 5.33. The molecule has 0 spiro atoms. The molecule has 0 radical (unpaired) electrons. The predicted molar refractivity (Wildman–Crippen MR) is 63.6 cm³/mol. The molecule has 1 nitrogen and oxygen atoms in total. The fourth-order valence-electron chi connectivity index (χ4n) is 1.33. The van der Waals surface area contributed by atoms with Crippen LogP contribution in [0.15, 0.2) is 15.9 Å². The molecule has 1 heterocycles. The van der Waals surface area contributed by atoms with Gasteiger partial charge >= 0.3 is 0 Å². The minimum absolute atomic E-state index is 0.274. The largest absolute Gasteiger partial charge is 0.320 e. The number of nitrogens with one attached hydrogen (secondary N) is 1. The molecule has 1 N–H and O–H groups in total. The van der Waals surface area contributed by atoms with E-state index in [4.69, 9.17) is 0 Å². The van der Waals surface area contributed by atoms with Crippen LogP contribution in [-0.4, -0.2) is 13.6 Å². The molecule has 0 aliphatic rings. The second-order valence-corrected chi connectivity index (χ2v) is 5.61. The fraction of sp³-hybridized carbons (Fsp3) is 0.600. The summed E-state index contributed by atoms with van der Waals surface area (Å²) in [4.78, 5) is 1.45. The van der Waals surface area contributed by atoms with E-state index in [1.54, 1.807) is 0 Å². The summed E-state index contributed by atoms with van der Waals surface area (Å²) in [5.74, 6) is 0. The Labute approximate surface area is 92.7 Å². The van der Waals surface area contributed by atoms with Crippen LogP contribution in [0.25, 0.3) is 0 Å². The van der Waals surface area contributed by atoms with Gasteiger partial charge in [-0.3, -0.25) is 0 Å². The van der Waals surface area contributed by atoms with Gasteiger partial charge in [-0.05, 0) is 47.4 Å². The molecule has 1 rings (SSSR count). The van der Waals surface area contributed by atoms with Crippen LogP contribution in [0.5, 0.6) is 0 Å².